The number of carbonyl (C=O) groups excluding carboxylic acids is 2. The van der Waals surface area contributed by atoms with E-state index in [0.29, 0.717) is 0 Å². The Morgan fingerprint density at radius 3 is 2.74 bits per heavy atom. The lowest BCUT2D eigenvalue weighted by molar-refractivity contribution is -0.129. The smallest absolute Gasteiger partial charge is 0.246 e. The molecule has 0 radical (unpaired) electrons. The Morgan fingerprint density at radius 1 is 1.53 bits per heavy atom. The van der Waals surface area contributed by atoms with E-state index >= 15 is 0 Å². The van der Waals surface area contributed by atoms with E-state index < -0.39 is 0 Å². The van der Waals surface area contributed by atoms with E-state index in [2.05, 4.69) is 50.4 Å². The zero-order valence-electron chi connectivity index (χ0n) is 10.7. The van der Waals surface area contributed by atoms with Crippen LogP contribution in [-0.4, -0.2) is 30.3 Å². The van der Waals surface area contributed by atoms with Crippen molar-refractivity contribution in [2.24, 2.45) is 0 Å². The average molecular weight is 437 g/mol. The second kappa shape index (κ2) is 7.04. The number of nitrogens with one attached hydrogen (secondary N) is 1. The van der Waals surface area contributed by atoms with Crippen LogP contribution in [0.2, 0.25) is 0 Å². The molecule has 0 saturated heterocycles. The molecule has 19 heavy (non-hydrogen) atoms. The molecule has 102 valence electrons. The Hall–Kier alpha value is -0.890. The van der Waals surface area contributed by atoms with Gasteiger partial charge in [0.05, 0.1) is 6.54 Å². The molecule has 1 N–H and O–H groups in total. The first-order valence-electron chi connectivity index (χ1n) is 5.48. The summed E-state index contributed by atoms with van der Waals surface area (Å²) in [6, 6.07) is 3.81. The number of likely N-dealkylation sites (N-methyl/N-ethyl adjacent to an activating group) is 1. The van der Waals surface area contributed by atoms with Gasteiger partial charge < -0.3 is 10.2 Å². The predicted octanol–water partition coefficient (Wildman–Crippen LogP) is 2.95. The van der Waals surface area contributed by atoms with E-state index in [1.54, 1.807) is 7.05 Å². The van der Waals surface area contributed by atoms with Crippen LogP contribution in [0.5, 0.6) is 0 Å². The van der Waals surface area contributed by atoms with Gasteiger partial charge in [0.25, 0.3) is 0 Å². The topological polar surface area (TPSA) is 49.4 Å². The summed E-state index contributed by atoms with van der Waals surface area (Å²) >= 11 is 5.59. The summed E-state index contributed by atoms with van der Waals surface area (Å²) in [6.45, 7) is 5.31. The second-order valence-corrected chi connectivity index (χ2v) is 6.08. The molecular weight excluding hydrogens is 423 g/mol. The monoisotopic (exact) mass is 436 g/mol. The third kappa shape index (κ3) is 4.61. The first-order valence-corrected chi connectivity index (χ1v) is 7.35. The Labute approximate surface area is 134 Å². The summed E-state index contributed by atoms with van der Waals surface area (Å²) in [5.74, 6) is -0.523. The highest BCUT2D eigenvalue weighted by molar-refractivity contribution is 14.1. The fourth-order valence-corrected chi connectivity index (χ4v) is 2.93. The number of hydrogen-bond donors (Lipinski definition) is 1. The van der Waals surface area contributed by atoms with Gasteiger partial charge in [0.15, 0.2) is 0 Å². The van der Waals surface area contributed by atoms with E-state index in [4.69, 9.17) is 0 Å². The maximum Gasteiger partial charge on any atom is 0.246 e. The zero-order valence-corrected chi connectivity index (χ0v) is 14.4. The summed E-state index contributed by atoms with van der Waals surface area (Å²) in [4.78, 5) is 24.5. The molecule has 6 heteroatoms. The van der Waals surface area contributed by atoms with Crippen molar-refractivity contribution in [3.05, 3.63) is 38.4 Å². The molecule has 0 aliphatic rings. The average Bonchev–Trinajstić information content (AvgIpc) is 2.34. The molecule has 0 atom stereocenters. The van der Waals surface area contributed by atoms with Crippen LogP contribution in [-0.2, 0) is 9.59 Å². The quantitative estimate of drug-likeness (QED) is 0.582. The number of anilines is 1. The summed E-state index contributed by atoms with van der Waals surface area (Å²) in [5.41, 5.74) is 1.73. The molecule has 0 heterocycles. The summed E-state index contributed by atoms with van der Waals surface area (Å²) in [7, 11) is 1.56. The molecule has 0 fully saturated rings. The lowest BCUT2D eigenvalue weighted by Gasteiger charge is -2.16. The molecule has 1 aromatic carbocycles. The highest BCUT2D eigenvalue weighted by Crippen LogP contribution is 2.26. The predicted molar refractivity (Wildman–Crippen MR) is 88.1 cm³/mol. The summed E-state index contributed by atoms with van der Waals surface area (Å²) < 4.78 is 1.95. The molecule has 0 bridgehead atoms. The summed E-state index contributed by atoms with van der Waals surface area (Å²) in [5, 5.41) is 2.80. The van der Waals surface area contributed by atoms with Crippen molar-refractivity contribution in [3.63, 3.8) is 0 Å². The molecule has 1 aromatic rings. The van der Waals surface area contributed by atoms with Crippen LogP contribution in [0.1, 0.15) is 5.56 Å². The van der Waals surface area contributed by atoms with E-state index in [1.165, 1.54) is 11.0 Å². The van der Waals surface area contributed by atoms with Crippen molar-refractivity contribution in [1.29, 1.82) is 0 Å². The SMILES string of the molecule is C=CC(=O)N(C)CC(=O)Nc1cc(Br)cc(I)c1C. The number of carbonyl (C=O) groups is 2. The van der Waals surface area contributed by atoms with Gasteiger partial charge in [-0.25, -0.2) is 0 Å². The van der Waals surface area contributed by atoms with Crippen LogP contribution in [0, 0.1) is 10.5 Å². The minimum Gasteiger partial charge on any atom is -0.333 e. The minimum absolute atomic E-state index is 0.00656. The van der Waals surface area contributed by atoms with Crippen LogP contribution in [0.25, 0.3) is 0 Å². The van der Waals surface area contributed by atoms with Crippen LogP contribution >= 0.6 is 38.5 Å². The Kier molecular flexibility index (Phi) is 5.99. The Balaban J connectivity index is 2.78. The molecule has 4 nitrogen and oxygen atoms in total. The minimum atomic E-state index is -0.282. The molecule has 0 aliphatic heterocycles. The van der Waals surface area contributed by atoms with E-state index in [0.717, 1.165) is 19.3 Å². The number of benzene rings is 1. The molecule has 0 aliphatic carbocycles. The maximum atomic E-state index is 11.9. The normalized spacial score (nSPS) is 9.89. The van der Waals surface area contributed by atoms with Crippen LogP contribution in [0.3, 0.4) is 0 Å². The van der Waals surface area contributed by atoms with Gasteiger partial charge in [0.2, 0.25) is 11.8 Å². The largest absolute Gasteiger partial charge is 0.333 e. The molecule has 2 amide bonds. The number of amides is 2. The Morgan fingerprint density at radius 2 is 2.16 bits per heavy atom. The van der Waals surface area contributed by atoms with Gasteiger partial charge in [-0.05, 0) is 53.3 Å². The maximum absolute atomic E-state index is 11.9. The Bertz CT molecular complexity index is 532. The summed E-state index contributed by atoms with van der Waals surface area (Å²) in [6.07, 6.45) is 1.18. The van der Waals surface area contributed by atoms with Crippen LogP contribution < -0.4 is 5.32 Å². The molecule has 0 aromatic heterocycles. The van der Waals surface area contributed by atoms with Gasteiger partial charge in [-0.15, -0.1) is 0 Å². The third-order valence-electron chi connectivity index (χ3n) is 2.51. The fourth-order valence-electron chi connectivity index (χ4n) is 1.41. The fraction of sp³-hybridized carbons (Fsp3) is 0.231. The van der Waals surface area contributed by atoms with Gasteiger partial charge >= 0.3 is 0 Å². The van der Waals surface area contributed by atoms with Gasteiger partial charge in [-0.2, -0.15) is 0 Å². The van der Waals surface area contributed by atoms with Crippen molar-refractivity contribution < 1.29 is 9.59 Å². The highest BCUT2D eigenvalue weighted by Gasteiger charge is 2.12. The lowest BCUT2D eigenvalue weighted by Crippen LogP contribution is -2.33. The zero-order chi connectivity index (χ0) is 14.6. The van der Waals surface area contributed by atoms with Crippen molar-refractivity contribution in [2.75, 3.05) is 18.9 Å². The van der Waals surface area contributed by atoms with Crippen molar-refractivity contribution >= 4 is 56.0 Å². The lowest BCUT2D eigenvalue weighted by atomic mass is 10.2. The van der Waals surface area contributed by atoms with E-state index in [1.807, 2.05) is 19.1 Å². The number of halogens is 2. The molecule has 0 unspecified atom stereocenters. The van der Waals surface area contributed by atoms with Gasteiger partial charge in [-0.1, -0.05) is 22.5 Å². The number of rotatable bonds is 4. The standard InChI is InChI=1S/C13H14BrIN2O2/c1-4-13(19)17(3)7-12(18)16-11-6-9(14)5-10(15)8(11)2/h4-6H,1,7H2,2-3H3,(H,16,18). The molecular formula is C13H14BrIN2O2. The van der Waals surface area contributed by atoms with Gasteiger partial charge in [0.1, 0.15) is 0 Å². The molecule has 0 saturated carbocycles. The number of hydrogen-bond acceptors (Lipinski definition) is 2. The van der Waals surface area contributed by atoms with Gasteiger partial charge in [-0.3, -0.25) is 9.59 Å². The first kappa shape index (κ1) is 16.2. The molecule has 1 rings (SSSR count). The van der Waals surface area contributed by atoms with Crippen LogP contribution in [0.15, 0.2) is 29.3 Å². The van der Waals surface area contributed by atoms with Crippen molar-refractivity contribution in [1.82, 2.24) is 4.90 Å². The van der Waals surface area contributed by atoms with Crippen molar-refractivity contribution in [2.45, 2.75) is 6.92 Å². The van der Waals surface area contributed by atoms with Gasteiger partial charge in [0, 0.05) is 20.8 Å². The van der Waals surface area contributed by atoms with Crippen molar-refractivity contribution in [3.8, 4) is 0 Å². The third-order valence-corrected chi connectivity index (χ3v) is 4.09. The number of nitrogens with zero attached hydrogens (tertiary/aromatic N) is 1. The van der Waals surface area contributed by atoms with E-state index in [-0.39, 0.29) is 18.4 Å². The van der Waals surface area contributed by atoms with E-state index in [9.17, 15) is 9.59 Å². The molecule has 0 spiro atoms. The second-order valence-electron chi connectivity index (χ2n) is 4.01. The van der Waals surface area contributed by atoms with Crippen LogP contribution in [0.4, 0.5) is 5.69 Å². The first-order chi connectivity index (χ1) is 8.85. The highest BCUT2D eigenvalue weighted by atomic mass is 127.